The number of anilines is 1. The van der Waals surface area contributed by atoms with Gasteiger partial charge in [0.25, 0.3) is 11.8 Å². The molecule has 1 aromatic heterocycles. The summed E-state index contributed by atoms with van der Waals surface area (Å²) >= 11 is 0. The minimum absolute atomic E-state index is 0.227. The Morgan fingerprint density at radius 2 is 2.04 bits per heavy atom. The number of carbonyl (C=O) groups is 1. The molecule has 1 amide bonds. The summed E-state index contributed by atoms with van der Waals surface area (Å²) in [5, 5.41) is 6.71. The van der Waals surface area contributed by atoms with Crippen LogP contribution in [0, 0.1) is 6.92 Å². The topological polar surface area (TPSA) is 77.2 Å². The molecule has 0 unspecified atom stereocenters. The Kier molecular flexibility index (Phi) is 5.63. The lowest BCUT2D eigenvalue weighted by atomic mass is 10.1. The summed E-state index contributed by atoms with van der Waals surface area (Å²) < 4.78 is 10.9. The first-order valence-electron chi connectivity index (χ1n) is 8.61. The number of nitrogens with one attached hydrogen (secondary N) is 1. The van der Waals surface area contributed by atoms with Crippen LogP contribution in [0.3, 0.4) is 0 Å². The van der Waals surface area contributed by atoms with Crippen LogP contribution >= 0.6 is 0 Å². The molecule has 1 heterocycles. The Labute approximate surface area is 152 Å². The Bertz CT molecular complexity index is 889. The van der Waals surface area contributed by atoms with Crippen LogP contribution in [-0.4, -0.2) is 22.7 Å². The number of amides is 1. The fraction of sp³-hybridized carbons (Fsp3) is 0.250. The van der Waals surface area contributed by atoms with Gasteiger partial charge in [-0.3, -0.25) is 4.79 Å². The molecule has 2 aromatic carbocycles. The van der Waals surface area contributed by atoms with Crippen molar-refractivity contribution in [3.63, 3.8) is 0 Å². The van der Waals surface area contributed by atoms with E-state index in [2.05, 4.69) is 22.4 Å². The summed E-state index contributed by atoms with van der Waals surface area (Å²) in [4.78, 5) is 16.9. The first-order valence-corrected chi connectivity index (χ1v) is 8.61. The van der Waals surface area contributed by atoms with Crippen molar-refractivity contribution < 1.29 is 14.1 Å². The van der Waals surface area contributed by atoms with Crippen LogP contribution in [0.5, 0.6) is 5.75 Å². The molecular weight excluding hydrogens is 330 g/mol. The van der Waals surface area contributed by atoms with E-state index in [1.807, 2.05) is 30.3 Å². The van der Waals surface area contributed by atoms with E-state index in [0.29, 0.717) is 40.9 Å². The van der Waals surface area contributed by atoms with Gasteiger partial charge >= 0.3 is 0 Å². The van der Waals surface area contributed by atoms with Gasteiger partial charge in [0, 0.05) is 5.56 Å². The van der Waals surface area contributed by atoms with Gasteiger partial charge in [-0.1, -0.05) is 36.7 Å². The molecule has 26 heavy (non-hydrogen) atoms. The molecule has 0 fully saturated rings. The van der Waals surface area contributed by atoms with Gasteiger partial charge in [-0.25, -0.2) is 0 Å². The van der Waals surface area contributed by atoms with Crippen LogP contribution < -0.4 is 10.1 Å². The normalized spacial score (nSPS) is 10.5. The molecule has 0 bridgehead atoms. The maximum absolute atomic E-state index is 12.7. The number of hydrogen-bond donors (Lipinski definition) is 1. The summed E-state index contributed by atoms with van der Waals surface area (Å²) in [6.07, 6.45) is 2.04. The predicted octanol–water partition coefficient (Wildman–Crippen LogP) is 4.48. The molecule has 0 spiro atoms. The number of benzene rings is 2. The van der Waals surface area contributed by atoms with Crippen molar-refractivity contribution in [3.8, 4) is 17.2 Å². The van der Waals surface area contributed by atoms with Crippen LogP contribution in [0.15, 0.2) is 53.1 Å². The van der Waals surface area contributed by atoms with Gasteiger partial charge in [0.2, 0.25) is 0 Å². The Morgan fingerprint density at radius 3 is 2.81 bits per heavy atom. The van der Waals surface area contributed by atoms with Crippen LogP contribution in [0.1, 0.15) is 35.9 Å². The standard InChI is InChI=1S/C20H21N3O3/c1-3-4-12-25-16-9-7-8-15(13-16)19(24)22-18-11-6-5-10-17(18)20-21-14(2)23-26-20/h5-11,13H,3-4,12H2,1-2H3,(H,22,24). The van der Waals surface area contributed by atoms with Crippen LogP contribution in [0.25, 0.3) is 11.5 Å². The van der Waals surface area contributed by atoms with Gasteiger partial charge in [-0.15, -0.1) is 0 Å². The van der Waals surface area contributed by atoms with E-state index in [0.717, 1.165) is 12.8 Å². The second kappa shape index (κ2) is 8.29. The second-order valence-electron chi connectivity index (χ2n) is 5.88. The highest BCUT2D eigenvalue weighted by molar-refractivity contribution is 6.06. The molecule has 6 heteroatoms. The lowest BCUT2D eigenvalue weighted by molar-refractivity contribution is 0.102. The number of rotatable bonds is 7. The number of ether oxygens (including phenoxy) is 1. The fourth-order valence-electron chi connectivity index (χ4n) is 2.44. The summed E-state index contributed by atoms with van der Waals surface area (Å²) in [5.74, 6) is 1.37. The average Bonchev–Trinajstić information content (AvgIpc) is 3.09. The highest BCUT2D eigenvalue weighted by Gasteiger charge is 2.14. The van der Waals surface area contributed by atoms with Crippen LogP contribution in [-0.2, 0) is 0 Å². The number of aryl methyl sites for hydroxylation is 1. The molecule has 0 saturated carbocycles. The molecule has 0 radical (unpaired) electrons. The lowest BCUT2D eigenvalue weighted by Crippen LogP contribution is -2.12. The van der Waals surface area contributed by atoms with E-state index in [9.17, 15) is 4.79 Å². The van der Waals surface area contributed by atoms with Crippen molar-refractivity contribution in [1.82, 2.24) is 10.1 Å². The SMILES string of the molecule is CCCCOc1cccc(C(=O)Nc2ccccc2-c2nc(C)no2)c1. The van der Waals surface area contributed by atoms with Crippen LogP contribution in [0.2, 0.25) is 0 Å². The zero-order chi connectivity index (χ0) is 18.4. The maximum atomic E-state index is 12.7. The van der Waals surface area contributed by atoms with Gasteiger partial charge in [-0.2, -0.15) is 4.98 Å². The summed E-state index contributed by atoms with van der Waals surface area (Å²) in [6.45, 7) is 4.49. The van der Waals surface area contributed by atoms with Gasteiger partial charge in [0.15, 0.2) is 5.82 Å². The second-order valence-corrected chi connectivity index (χ2v) is 5.88. The molecule has 3 aromatic rings. The number of unbranched alkanes of at least 4 members (excludes halogenated alkanes) is 1. The largest absolute Gasteiger partial charge is 0.494 e. The van der Waals surface area contributed by atoms with Crippen molar-refractivity contribution in [3.05, 3.63) is 59.9 Å². The third-order valence-electron chi connectivity index (χ3n) is 3.80. The molecule has 3 rings (SSSR count). The van der Waals surface area contributed by atoms with Gasteiger partial charge in [0.05, 0.1) is 17.9 Å². The van der Waals surface area contributed by atoms with E-state index in [4.69, 9.17) is 9.26 Å². The lowest BCUT2D eigenvalue weighted by Gasteiger charge is -2.10. The highest BCUT2D eigenvalue weighted by Crippen LogP contribution is 2.27. The van der Waals surface area contributed by atoms with E-state index < -0.39 is 0 Å². The number of para-hydroxylation sites is 1. The zero-order valence-electron chi connectivity index (χ0n) is 14.9. The zero-order valence-corrected chi connectivity index (χ0v) is 14.9. The summed E-state index contributed by atoms with van der Waals surface area (Å²) in [7, 11) is 0. The fourth-order valence-corrected chi connectivity index (χ4v) is 2.44. The Morgan fingerprint density at radius 1 is 1.19 bits per heavy atom. The van der Waals surface area contributed by atoms with Crippen molar-refractivity contribution in [2.75, 3.05) is 11.9 Å². The number of nitrogens with zero attached hydrogens (tertiary/aromatic N) is 2. The molecule has 134 valence electrons. The monoisotopic (exact) mass is 351 g/mol. The average molecular weight is 351 g/mol. The molecule has 0 aliphatic carbocycles. The van der Waals surface area contributed by atoms with Crippen molar-refractivity contribution >= 4 is 11.6 Å². The number of hydrogen-bond acceptors (Lipinski definition) is 5. The molecular formula is C20H21N3O3. The molecule has 1 N–H and O–H groups in total. The first-order chi connectivity index (χ1) is 12.7. The van der Waals surface area contributed by atoms with Crippen molar-refractivity contribution in [2.24, 2.45) is 0 Å². The van der Waals surface area contributed by atoms with E-state index in [-0.39, 0.29) is 5.91 Å². The number of carbonyl (C=O) groups excluding carboxylic acids is 1. The minimum atomic E-state index is -0.227. The third kappa shape index (κ3) is 4.27. The van der Waals surface area contributed by atoms with Gasteiger partial charge in [0.1, 0.15) is 5.75 Å². The van der Waals surface area contributed by atoms with Gasteiger partial charge in [-0.05, 0) is 43.7 Å². The van der Waals surface area contributed by atoms with Crippen molar-refractivity contribution in [2.45, 2.75) is 26.7 Å². The van der Waals surface area contributed by atoms with E-state index in [1.165, 1.54) is 0 Å². The number of aromatic nitrogens is 2. The molecule has 0 saturated heterocycles. The molecule has 0 aliphatic heterocycles. The molecule has 0 aliphatic rings. The maximum Gasteiger partial charge on any atom is 0.260 e. The predicted molar refractivity (Wildman–Crippen MR) is 99.3 cm³/mol. The van der Waals surface area contributed by atoms with E-state index in [1.54, 1.807) is 25.1 Å². The first kappa shape index (κ1) is 17.7. The third-order valence-corrected chi connectivity index (χ3v) is 3.80. The van der Waals surface area contributed by atoms with Crippen LogP contribution in [0.4, 0.5) is 5.69 Å². The highest BCUT2D eigenvalue weighted by atomic mass is 16.5. The summed E-state index contributed by atoms with van der Waals surface area (Å²) in [6, 6.07) is 14.5. The smallest absolute Gasteiger partial charge is 0.260 e. The van der Waals surface area contributed by atoms with Gasteiger partial charge < -0.3 is 14.6 Å². The molecule has 0 atom stereocenters. The van der Waals surface area contributed by atoms with Crippen molar-refractivity contribution in [1.29, 1.82) is 0 Å². The Hall–Kier alpha value is -3.15. The minimum Gasteiger partial charge on any atom is -0.494 e. The quantitative estimate of drug-likeness (QED) is 0.635. The Balaban J connectivity index is 1.77. The summed E-state index contributed by atoms with van der Waals surface area (Å²) in [5.41, 5.74) is 1.81. The molecule has 6 nitrogen and oxygen atoms in total. The van der Waals surface area contributed by atoms with E-state index >= 15 is 0 Å².